The minimum atomic E-state index is 0.261. The van der Waals surface area contributed by atoms with Gasteiger partial charge in [-0.05, 0) is 63.1 Å². The van der Waals surface area contributed by atoms with E-state index < -0.39 is 0 Å². The third-order valence-corrected chi connectivity index (χ3v) is 5.81. The maximum Gasteiger partial charge on any atom is 0.241 e. The fourth-order valence-corrected chi connectivity index (χ4v) is 4.16. The van der Waals surface area contributed by atoms with Gasteiger partial charge >= 0.3 is 0 Å². The number of fused-ring (bicyclic) bond motifs is 1. The average Bonchev–Trinajstić information content (AvgIpc) is 3.34. The second-order valence-electron chi connectivity index (χ2n) is 7.85. The third kappa shape index (κ3) is 3.50. The fourth-order valence-electron chi connectivity index (χ4n) is 4.16. The lowest BCUT2D eigenvalue weighted by molar-refractivity contribution is -0.120. The van der Waals surface area contributed by atoms with Crippen LogP contribution in [-0.2, 0) is 11.2 Å². The van der Waals surface area contributed by atoms with Crippen molar-refractivity contribution in [1.82, 2.24) is 10.2 Å². The molecule has 1 saturated carbocycles. The molecule has 4 rings (SSSR count). The van der Waals surface area contributed by atoms with E-state index in [2.05, 4.69) is 35.3 Å². The number of anilines is 1. The molecule has 2 heterocycles. The zero-order valence-electron chi connectivity index (χ0n) is 14.7. The highest BCUT2D eigenvalue weighted by atomic mass is 16.2. The number of nitrogens with zero attached hydrogens (tertiary/aromatic N) is 2. The largest absolute Gasteiger partial charge is 0.314 e. The number of carbonyl (C=O) groups is 1. The lowest BCUT2D eigenvalue weighted by Gasteiger charge is -2.33. The van der Waals surface area contributed by atoms with Gasteiger partial charge in [-0.25, -0.2) is 0 Å². The Hall–Kier alpha value is -1.39. The van der Waals surface area contributed by atoms with Gasteiger partial charge in [0.1, 0.15) is 0 Å². The number of para-hydroxylation sites is 1. The van der Waals surface area contributed by atoms with Crippen molar-refractivity contribution in [3.8, 4) is 0 Å². The smallest absolute Gasteiger partial charge is 0.241 e. The topological polar surface area (TPSA) is 35.6 Å². The lowest BCUT2D eigenvalue weighted by Crippen LogP contribution is -2.48. The first-order chi connectivity index (χ1) is 11.7. The summed E-state index contributed by atoms with van der Waals surface area (Å²) in [5.74, 6) is 1.21. The summed E-state index contributed by atoms with van der Waals surface area (Å²) in [5, 5.41) is 3.71. The summed E-state index contributed by atoms with van der Waals surface area (Å²) in [5.41, 5.74) is 2.43. The monoisotopic (exact) mass is 327 g/mol. The number of piperidine rings is 1. The normalized spacial score (nSPS) is 25.0. The molecule has 1 saturated heterocycles. The van der Waals surface area contributed by atoms with Gasteiger partial charge in [0.25, 0.3) is 0 Å². The van der Waals surface area contributed by atoms with Crippen molar-refractivity contribution in [2.45, 2.75) is 51.1 Å². The summed E-state index contributed by atoms with van der Waals surface area (Å²) < 4.78 is 0. The first-order valence-corrected chi connectivity index (χ1v) is 9.56. The second-order valence-corrected chi connectivity index (χ2v) is 7.85. The minimum absolute atomic E-state index is 0.261. The number of hydrogen-bond donors (Lipinski definition) is 1. The molecule has 1 unspecified atom stereocenters. The summed E-state index contributed by atoms with van der Waals surface area (Å²) in [6.07, 6.45) is 6.15. The first-order valence-electron chi connectivity index (χ1n) is 9.56. The van der Waals surface area contributed by atoms with Crippen LogP contribution in [0.3, 0.4) is 0 Å². The van der Waals surface area contributed by atoms with Crippen LogP contribution >= 0.6 is 0 Å². The molecule has 24 heavy (non-hydrogen) atoms. The predicted molar refractivity (Wildman–Crippen MR) is 97.3 cm³/mol. The Bertz CT molecular complexity index is 590. The Labute approximate surface area is 145 Å². The maximum atomic E-state index is 12.9. The van der Waals surface area contributed by atoms with E-state index in [1.165, 1.54) is 37.8 Å². The zero-order valence-corrected chi connectivity index (χ0v) is 14.7. The van der Waals surface area contributed by atoms with Crippen LogP contribution < -0.4 is 10.2 Å². The fraction of sp³-hybridized carbons (Fsp3) is 0.650. The molecular formula is C20H29N3O. The number of benzene rings is 1. The van der Waals surface area contributed by atoms with E-state index in [0.29, 0.717) is 12.6 Å². The minimum Gasteiger partial charge on any atom is -0.314 e. The SMILES string of the molecule is CC1Cc2ccccc2N1C(=O)CN1CCC(NCC2CC2)CC1. The van der Waals surface area contributed by atoms with Crippen LogP contribution in [0.5, 0.6) is 0 Å². The van der Waals surface area contributed by atoms with E-state index in [0.717, 1.165) is 31.1 Å². The summed E-state index contributed by atoms with van der Waals surface area (Å²) in [6.45, 7) is 6.00. The number of nitrogens with one attached hydrogen (secondary N) is 1. The molecular weight excluding hydrogens is 298 g/mol. The molecule has 1 amide bonds. The molecule has 130 valence electrons. The van der Waals surface area contributed by atoms with Crippen LogP contribution in [0.2, 0.25) is 0 Å². The van der Waals surface area contributed by atoms with Crippen LogP contribution in [-0.4, -0.2) is 49.1 Å². The van der Waals surface area contributed by atoms with Gasteiger partial charge in [-0.3, -0.25) is 9.69 Å². The van der Waals surface area contributed by atoms with Crippen molar-refractivity contribution < 1.29 is 4.79 Å². The summed E-state index contributed by atoms with van der Waals surface area (Å²) in [7, 11) is 0. The Morgan fingerprint density at radius 2 is 1.92 bits per heavy atom. The Morgan fingerprint density at radius 1 is 1.17 bits per heavy atom. The van der Waals surface area contributed by atoms with Crippen LogP contribution in [0.4, 0.5) is 5.69 Å². The van der Waals surface area contributed by atoms with Crippen molar-refractivity contribution >= 4 is 11.6 Å². The molecule has 4 heteroatoms. The molecule has 0 bridgehead atoms. The Kier molecular flexibility index (Phi) is 4.59. The molecule has 1 N–H and O–H groups in total. The van der Waals surface area contributed by atoms with Crippen LogP contribution in [0, 0.1) is 5.92 Å². The molecule has 1 aliphatic carbocycles. The molecule has 0 radical (unpaired) electrons. The van der Waals surface area contributed by atoms with Crippen LogP contribution in [0.25, 0.3) is 0 Å². The summed E-state index contributed by atoms with van der Waals surface area (Å²) >= 11 is 0. The number of rotatable bonds is 5. The molecule has 4 nitrogen and oxygen atoms in total. The molecule has 1 atom stereocenters. The molecule has 0 spiro atoms. The lowest BCUT2D eigenvalue weighted by atomic mass is 10.0. The van der Waals surface area contributed by atoms with Gasteiger partial charge in [0.2, 0.25) is 5.91 Å². The van der Waals surface area contributed by atoms with Gasteiger partial charge in [0.05, 0.1) is 6.54 Å². The van der Waals surface area contributed by atoms with Gasteiger partial charge in [-0.15, -0.1) is 0 Å². The standard InChI is InChI=1S/C20H29N3O/c1-15-12-17-4-2-3-5-19(17)23(15)20(24)14-22-10-8-18(9-11-22)21-13-16-6-7-16/h2-5,15-16,18,21H,6-14H2,1H3. The van der Waals surface area contributed by atoms with Gasteiger partial charge in [0.15, 0.2) is 0 Å². The number of hydrogen-bond acceptors (Lipinski definition) is 3. The van der Waals surface area contributed by atoms with Crippen molar-refractivity contribution in [3.05, 3.63) is 29.8 Å². The van der Waals surface area contributed by atoms with E-state index in [9.17, 15) is 4.79 Å². The third-order valence-electron chi connectivity index (χ3n) is 5.81. The number of carbonyl (C=O) groups excluding carboxylic acids is 1. The van der Waals surface area contributed by atoms with Crippen molar-refractivity contribution in [2.75, 3.05) is 31.1 Å². The quantitative estimate of drug-likeness (QED) is 0.902. The van der Waals surface area contributed by atoms with E-state index in [4.69, 9.17) is 0 Å². The second kappa shape index (κ2) is 6.85. The molecule has 1 aromatic rings. The van der Waals surface area contributed by atoms with Crippen LogP contribution in [0.1, 0.15) is 38.2 Å². The highest BCUT2D eigenvalue weighted by Crippen LogP contribution is 2.32. The van der Waals surface area contributed by atoms with Crippen LogP contribution in [0.15, 0.2) is 24.3 Å². The van der Waals surface area contributed by atoms with Gasteiger partial charge in [0, 0.05) is 30.9 Å². The maximum absolute atomic E-state index is 12.9. The predicted octanol–water partition coefficient (Wildman–Crippen LogP) is 2.43. The first kappa shape index (κ1) is 16.1. The average molecular weight is 327 g/mol. The molecule has 0 aromatic heterocycles. The van der Waals surface area contributed by atoms with E-state index in [-0.39, 0.29) is 11.9 Å². The molecule has 3 aliphatic rings. The molecule has 1 aromatic carbocycles. The van der Waals surface area contributed by atoms with Gasteiger partial charge in [-0.1, -0.05) is 18.2 Å². The number of likely N-dealkylation sites (tertiary alicyclic amines) is 1. The van der Waals surface area contributed by atoms with Crippen molar-refractivity contribution in [1.29, 1.82) is 0 Å². The summed E-state index contributed by atoms with van der Waals surface area (Å²) in [4.78, 5) is 17.2. The highest BCUT2D eigenvalue weighted by molar-refractivity contribution is 5.97. The van der Waals surface area contributed by atoms with E-state index >= 15 is 0 Å². The van der Waals surface area contributed by atoms with Gasteiger partial charge in [-0.2, -0.15) is 0 Å². The number of amides is 1. The molecule has 2 fully saturated rings. The zero-order chi connectivity index (χ0) is 16.5. The van der Waals surface area contributed by atoms with E-state index in [1.54, 1.807) is 0 Å². The van der Waals surface area contributed by atoms with Crippen molar-refractivity contribution in [2.24, 2.45) is 5.92 Å². The highest BCUT2D eigenvalue weighted by Gasteiger charge is 2.32. The summed E-state index contributed by atoms with van der Waals surface area (Å²) in [6, 6.07) is 9.28. The van der Waals surface area contributed by atoms with E-state index in [1.807, 2.05) is 11.0 Å². The Morgan fingerprint density at radius 3 is 2.67 bits per heavy atom. The molecule has 2 aliphatic heterocycles. The van der Waals surface area contributed by atoms with Gasteiger partial charge < -0.3 is 10.2 Å². The van der Waals surface area contributed by atoms with Crippen molar-refractivity contribution in [3.63, 3.8) is 0 Å². The Balaban J connectivity index is 1.29.